The Hall–Kier alpha value is -1.60. The van der Waals surface area contributed by atoms with E-state index in [1.165, 1.54) is 0 Å². The first-order valence-electron chi connectivity index (χ1n) is 5.07. The van der Waals surface area contributed by atoms with Gasteiger partial charge in [-0.05, 0) is 6.92 Å². The van der Waals surface area contributed by atoms with Crippen LogP contribution in [0.25, 0.3) is 0 Å². The highest BCUT2D eigenvalue weighted by Crippen LogP contribution is 2.14. The third-order valence-corrected chi connectivity index (χ3v) is 2.04. The minimum absolute atomic E-state index is 0.189. The summed E-state index contributed by atoms with van der Waals surface area (Å²) in [5, 5.41) is 0. The van der Waals surface area contributed by atoms with E-state index >= 15 is 0 Å². The van der Waals surface area contributed by atoms with E-state index in [0.717, 1.165) is 6.54 Å². The highest BCUT2D eigenvalue weighted by molar-refractivity contribution is 5.51. The summed E-state index contributed by atoms with van der Waals surface area (Å²) in [5.41, 5.74) is 7.99. The van der Waals surface area contributed by atoms with E-state index in [1.54, 1.807) is 6.07 Å². The Kier molecular flexibility index (Phi) is 4.74. The molecule has 16 heavy (non-hydrogen) atoms. The summed E-state index contributed by atoms with van der Waals surface area (Å²) in [5.74, 6) is 6.66. The quantitative estimate of drug-likeness (QED) is 0.351. The molecule has 0 fully saturated rings. The lowest BCUT2D eigenvalue weighted by atomic mass is 10.4. The number of nitrogens with one attached hydrogen (secondary N) is 1. The topological polar surface area (TPSA) is 102 Å². The molecule has 1 heterocycles. The van der Waals surface area contributed by atoms with E-state index < -0.39 is 0 Å². The number of likely N-dealkylation sites (N-methyl/N-ethyl adjacent to an activating group) is 1. The van der Waals surface area contributed by atoms with Gasteiger partial charge in [-0.2, -0.15) is 9.97 Å². The average molecular weight is 226 g/mol. The molecule has 0 bridgehead atoms. The number of ether oxygens (including phenoxy) is 1. The minimum Gasteiger partial charge on any atom is -0.380 e. The number of aromatic nitrogens is 2. The van der Waals surface area contributed by atoms with Gasteiger partial charge < -0.3 is 20.8 Å². The maximum Gasteiger partial charge on any atom is 0.223 e. The highest BCUT2D eigenvalue weighted by Gasteiger charge is 2.06. The van der Waals surface area contributed by atoms with Crippen molar-refractivity contribution in [3.63, 3.8) is 0 Å². The van der Waals surface area contributed by atoms with Crippen LogP contribution in [0.2, 0.25) is 0 Å². The Morgan fingerprint density at radius 1 is 1.50 bits per heavy atom. The fourth-order valence-electron chi connectivity index (χ4n) is 1.18. The molecular formula is C9H18N6O. The number of rotatable bonds is 6. The molecule has 0 aromatic carbocycles. The van der Waals surface area contributed by atoms with Crippen molar-refractivity contribution < 1.29 is 4.74 Å². The molecule has 0 unspecified atom stereocenters. The molecule has 1 aromatic rings. The summed E-state index contributed by atoms with van der Waals surface area (Å²) in [6.07, 6.45) is 0. The summed E-state index contributed by atoms with van der Waals surface area (Å²) >= 11 is 0. The fraction of sp³-hybridized carbons (Fsp3) is 0.556. The maximum atomic E-state index is 5.55. The number of hydrazine groups is 1. The molecule has 0 amide bonds. The molecule has 7 heteroatoms. The third kappa shape index (κ3) is 3.52. The summed E-state index contributed by atoms with van der Waals surface area (Å²) in [6, 6.07) is 1.72. The third-order valence-electron chi connectivity index (χ3n) is 2.04. The number of nitrogens with zero attached hydrogens (tertiary/aromatic N) is 3. The van der Waals surface area contributed by atoms with Crippen molar-refractivity contribution >= 4 is 17.6 Å². The fourth-order valence-corrected chi connectivity index (χ4v) is 1.18. The van der Waals surface area contributed by atoms with Crippen molar-refractivity contribution in [3.8, 4) is 0 Å². The van der Waals surface area contributed by atoms with Crippen molar-refractivity contribution in [3.05, 3.63) is 6.07 Å². The summed E-state index contributed by atoms with van der Waals surface area (Å²) in [4.78, 5) is 9.93. The van der Waals surface area contributed by atoms with E-state index in [2.05, 4.69) is 15.4 Å². The smallest absolute Gasteiger partial charge is 0.223 e. The van der Waals surface area contributed by atoms with Crippen LogP contribution in [0.4, 0.5) is 17.6 Å². The minimum atomic E-state index is 0.189. The zero-order valence-electron chi connectivity index (χ0n) is 9.60. The van der Waals surface area contributed by atoms with E-state index in [4.69, 9.17) is 16.3 Å². The van der Waals surface area contributed by atoms with Gasteiger partial charge in [-0.15, -0.1) is 0 Å². The standard InChI is InChI=1S/C9H18N6O/c1-3-16-5-4-15(2)8-6-7(14-11)12-9(10)13-8/h6H,3-5,11H2,1-2H3,(H3,10,12,13,14). The lowest BCUT2D eigenvalue weighted by Crippen LogP contribution is -2.24. The Bertz CT molecular complexity index is 332. The van der Waals surface area contributed by atoms with Crippen LogP contribution in [0.15, 0.2) is 6.07 Å². The molecule has 0 saturated heterocycles. The second kappa shape index (κ2) is 6.09. The Labute approximate surface area is 94.8 Å². The molecule has 0 aliphatic carbocycles. The van der Waals surface area contributed by atoms with Gasteiger partial charge in [0.2, 0.25) is 5.95 Å². The summed E-state index contributed by atoms with van der Waals surface area (Å²) < 4.78 is 5.26. The van der Waals surface area contributed by atoms with Crippen LogP contribution in [-0.4, -0.2) is 36.8 Å². The number of hydrogen-bond donors (Lipinski definition) is 3. The van der Waals surface area contributed by atoms with E-state index in [-0.39, 0.29) is 5.95 Å². The van der Waals surface area contributed by atoms with Gasteiger partial charge in [0, 0.05) is 26.3 Å². The first-order valence-corrected chi connectivity index (χ1v) is 5.07. The normalized spacial score (nSPS) is 10.2. The van der Waals surface area contributed by atoms with Gasteiger partial charge in [-0.3, -0.25) is 0 Å². The molecule has 0 aliphatic rings. The first-order chi connectivity index (χ1) is 7.67. The van der Waals surface area contributed by atoms with E-state index in [9.17, 15) is 0 Å². The predicted molar refractivity (Wildman–Crippen MR) is 64.0 cm³/mol. The number of nitrogens with two attached hydrogens (primary N) is 2. The van der Waals surface area contributed by atoms with Crippen molar-refractivity contribution in [2.24, 2.45) is 5.84 Å². The predicted octanol–water partition coefficient (Wildman–Crippen LogP) is -0.183. The lowest BCUT2D eigenvalue weighted by molar-refractivity contribution is 0.154. The van der Waals surface area contributed by atoms with Crippen LogP contribution in [0.5, 0.6) is 0 Å². The molecule has 0 atom stereocenters. The van der Waals surface area contributed by atoms with Gasteiger partial charge in [0.15, 0.2) is 0 Å². The Morgan fingerprint density at radius 2 is 2.25 bits per heavy atom. The van der Waals surface area contributed by atoms with Gasteiger partial charge >= 0.3 is 0 Å². The van der Waals surface area contributed by atoms with Gasteiger partial charge in [0.25, 0.3) is 0 Å². The molecular weight excluding hydrogens is 208 g/mol. The van der Waals surface area contributed by atoms with Gasteiger partial charge in [0.05, 0.1) is 6.61 Å². The second-order valence-corrected chi connectivity index (χ2v) is 3.23. The van der Waals surface area contributed by atoms with Crippen LogP contribution in [0.1, 0.15) is 6.92 Å². The molecule has 1 aromatic heterocycles. The van der Waals surface area contributed by atoms with Crippen molar-refractivity contribution in [1.29, 1.82) is 0 Å². The Morgan fingerprint density at radius 3 is 2.88 bits per heavy atom. The van der Waals surface area contributed by atoms with Crippen LogP contribution in [0.3, 0.4) is 0 Å². The Balaban J connectivity index is 2.66. The van der Waals surface area contributed by atoms with Crippen LogP contribution in [-0.2, 0) is 4.74 Å². The van der Waals surface area contributed by atoms with Gasteiger partial charge in [-0.25, -0.2) is 5.84 Å². The zero-order chi connectivity index (χ0) is 12.0. The number of nitrogen functional groups attached to an aromatic ring is 2. The molecule has 5 N–H and O–H groups in total. The lowest BCUT2D eigenvalue weighted by Gasteiger charge is -2.18. The van der Waals surface area contributed by atoms with E-state index in [0.29, 0.717) is 24.8 Å². The summed E-state index contributed by atoms with van der Waals surface area (Å²) in [6.45, 7) is 4.03. The van der Waals surface area contributed by atoms with Crippen molar-refractivity contribution in [2.45, 2.75) is 6.92 Å². The molecule has 0 saturated carbocycles. The largest absolute Gasteiger partial charge is 0.380 e. The molecule has 7 nitrogen and oxygen atoms in total. The van der Waals surface area contributed by atoms with Crippen molar-refractivity contribution in [1.82, 2.24) is 9.97 Å². The van der Waals surface area contributed by atoms with Crippen molar-refractivity contribution in [2.75, 3.05) is 42.9 Å². The molecule has 0 radical (unpaired) electrons. The molecule has 0 aliphatic heterocycles. The van der Waals surface area contributed by atoms with Gasteiger partial charge in [0.1, 0.15) is 11.6 Å². The molecule has 90 valence electrons. The average Bonchev–Trinajstić information content (AvgIpc) is 2.28. The van der Waals surface area contributed by atoms with E-state index in [1.807, 2.05) is 18.9 Å². The van der Waals surface area contributed by atoms with Crippen LogP contribution < -0.4 is 21.9 Å². The second-order valence-electron chi connectivity index (χ2n) is 3.23. The van der Waals surface area contributed by atoms with Crippen LogP contribution in [0, 0.1) is 0 Å². The first kappa shape index (κ1) is 12.5. The number of hydrogen-bond acceptors (Lipinski definition) is 7. The number of anilines is 3. The maximum absolute atomic E-state index is 5.55. The molecule has 0 spiro atoms. The molecule has 1 rings (SSSR count). The van der Waals surface area contributed by atoms with Crippen LogP contribution >= 0.6 is 0 Å². The monoisotopic (exact) mass is 226 g/mol. The SMILES string of the molecule is CCOCCN(C)c1cc(NN)nc(N)n1. The summed E-state index contributed by atoms with van der Waals surface area (Å²) in [7, 11) is 1.90. The highest BCUT2D eigenvalue weighted by atomic mass is 16.5. The van der Waals surface area contributed by atoms with Gasteiger partial charge in [-0.1, -0.05) is 0 Å². The zero-order valence-corrected chi connectivity index (χ0v) is 9.60.